The van der Waals surface area contributed by atoms with E-state index in [0.717, 1.165) is 19.3 Å². The molecular weight excluding hydrogens is 226 g/mol. The molecule has 1 aromatic heterocycles. The Morgan fingerprint density at radius 1 is 1.39 bits per heavy atom. The molecular formula is C14H21N3O. The predicted molar refractivity (Wildman–Crippen MR) is 71.8 cm³/mol. The van der Waals surface area contributed by atoms with E-state index < -0.39 is 0 Å². The van der Waals surface area contributed by atoms with Gasteiger partial charge in [0, 0.05) is 24.5 Å². The minimum atomic E-state index is 0.0442. The molecule has 1 unspecified atom stereocenters. The number of anilines is 1. The molecule has 1 heterocycles. The molecule has 1 N–H and O–H groups in total. The second-order valence-electron chi connectivity index (χ2n) is 6.30. The molecule has 18 heavy (non-hydrogen) atoms. The smallest absolute Gasteiger partial charge is 0.293 e. The number of aromatic nitrogens is 2. The van der Waals surface area contributed by atoms with Crippen LogP contribution in [0.4, 0.5) is 5.82 Å². The van der Waals surface area contributed by atoms with Gasteiger partial charge in [0.1, 0.15) is 0 Å². The first-order chi connectivity index (χ1) is 8.58. The van der Waals surface area contributed by atoms with E-state index in [0.29, 0.717) is 17.9 Å². The van der Waals surface area contributed by atoms with Gasteiger partial charge in [0.05, 0.1) is 0 Å². The van der Waals surface area contributed by atoms with Crippen molar-refractivity contribution in [3.8, 4) is 0 Å². The van der Waals surface area contributed by atoms with Crippen LogP contribution in [0.3, 0.4) is 0 Å². The van der Waals surface area contributed by atoms with Gasteiger partial charge in [0.15, 0.2) is 5.82 Å². The van der Waals surface area contributed by atoms with Crippen molar-refractivity contribution >= 4 is 5.82 Å². The van der Waals surface area contributed by atoms with Crippen LogP contribution in [0.2, 0.25) is 0 Å². The molecule has 0 bridgehead atoms. The number of nitrogens with one attached hydrogen (secondary N) is 1. The minimum Gasteiger partial charge on any atom is -0.362 e. The first-order valence-electron chi connectivity index (χ1n) is 6.91. The summed E-state index contributed by atoms with van der Waals surface area (Å²) in [5, 5.41) is 3.38. The Hall–Kier alpha value is -1.32. The SMILES string of the molecule is CC1(C)CCCC1Nc1nccn(C2CC2)c1=O. The summed E-state index contributed by atoms with van der Waals surface area (Å²) in [4.78, 5) is 16.5. The molecule has 2 saturated carbocycles. The third-order valence-corrected chi connectivity index (χ3v) is 4.38. The van der Waals surface area contributed by atoms with Crippen LogP contribution in [-0.2, 0) is 0 Å². The van der Waals surface area contributed by atoms with Crippen LogP contribution in [0.15, 0.2) is 17.2 Å². The Morgan fingerprint density at radius 3 is 2.78 bits per heavy atom. The van der Waals surface area contributed by atoms with E-state index in [1.807, 2.05) is 10.8 Å². The van der Waals surface area contributed by atoms with Gasteiger partial charge in [-0.05, 0) is 31.1 Å². The zero-order valence-electron chi connectivity index (χ0n) is 11.1. The molecule has 0 spiro atoms. The van der Waals surface area contributed by atoms with Gasteiger partial charge in [-0.25, -0.2) is 4.98 Å². The Morgan fingerprint density at radius 2 is 2.17 bits per heavy atom. The average Bonchev–Trinajstić information content (AvgIpc) is 3.09. The van der Waals surface area contributed by atoms with Gasteiger partial charge in [-0.2, -0.15) is 0 Å². The van der Waals surface area contributed by atoms with Gasteiger partial charge in [-0.3, -0.25) is 4.79 Å². The molecule has 1 atom stereocenters. The summed E-state index contributed by atoms with van der Waals surface area (Å²) in [6.07, 6.45) is 9.38. The summed E-state index contributed by atoms with van der Waals surface area (Å²) >= 11 is 0. The first kappa shape index (κ1) is 11.8. The van der Waals surface area contributed by atoms with Crippen molar-refractivity contribution < 1.29 is 0 Å². The van der Waals surface area contributed by atoms with Crippen molar-refractivity contribution in [2.75, 3.05) is 5.32 Å². The third kappa shape index (κ3) is 2.04. The maximum absolute atomic E-state index is 12.3. The van der Waals surface area contributed by atoms with Crippen molar-refractivity contribution in [2.24, 2.45) is 5.41 Å². The number of rotatable bonds is 3. The van der Waals surface area contributed by atoms with Crippen LogP contribution in [0.5, 0.6) is 0 Å². The lowest BCUT2D eigenvalue weighted by Gasteiger charge is -2.28. The number of hydrogen-bond acceptors (Lipinski definition) is 3. The van der Waals surface area contributed by atoms with Crippen LogP contribution >= 0.6 is 0 Å². The quantitative estimate of drug-likeness (QED) is 0.893. The predicted octanol–water partition coefficient (Wildman–Crippen LogP) is 2.57. The molecule has 4 heteroatoms. The lowest BCUT2D eigenvalue weighted by Crippen LogP contribution is -2.35. The number of nitrogens with zero attached hydrogens (tertiary/aromatic N) is 2. The van der Waals surface area contributed by atoms with E-state index in [4.69, 9.17) is 0 Å². The van der Waals surface area contributed by atoms with E-state index in [1.165, 1.54) is 12.8 Å². The largest absolute Gasteiger partial charge is 0.362 e. The van der Waals surface area contributed by atoms with Gasteiger partial charge >= 0.3 is 0 Å². The van der Waals surface area contributed by atoms with E-state index in [-0.39, 0.29) is 11.0 Å². The topological polar surface area (TPSA) is 46.9 Å². The van der Waals surface area contributed by atoms with Crippen molar-refractivity contribution in [3.05, 3.63) is 22.7 Å². The van der Waals surface area contributed by atoms with Crippen molar-refractivity contribution in [2.45, 2.75) is 58.0 Å². The molecule has 0 aliphatic heterocycles. The van der Waals surface area contributed by atoms with Gasteiger partial charge in [-0.1, -0.05) is 20.3 Å². The zero-order valence-corrected chi connectivity index (χ0v) is 11.1. The fraction of sp³-hybridized carbons (Fsp3) is 0.714. The Labute approximate surface area is 107 Å². The first-order valence-corrected chi connectivity index (χ1v) is 6.91. The zero-order chi connectivity index (χ0) is 12.8. The molecule has 0 aromatic carbocycles. The summed E-state index contributed by atoms with van der Waals surface area (Å²) in [6, 6.07) is 0.783. The molecule has 0 saturated heterocycles. The van der Waals surface area contributed by atoms with E-state index in [9.17, 15) is 4.79 Å². The summed E-state index contributed by atoms with van der Waals surface area (Å²) in [5.74, 6) is 0.532. The van der Waals surface area contributed by atoms with Crippen LogP contribution in [0.1, 0.15) is 52.0 Å². The lowest BCUT2D eigenvalue weighted by molar-refractivity contribution is 0.349. The molecule has 3 rings (SSSR count). The summed E-state index contributed by atoms with van der Waals surface area (Å²) in [5.41, 5.74) is 0.302. The maximum atomic E-state index is 12.3. The van der Waals surface area contributed by atoms with Crippen LogP contribution in [0.25, 0.3) is 0 Å². The number of hydrogen-bond donors (Lipinski definition) is 1. The molecule has 0 amide bonds. The highest BCUT2D eigenvalue weighted by Crippen LogP contribution is 2.38. The normalized spacial score (nSPS) is 26.2. The highest BCUT2D eigenvalue weighted by molar-refractivity contribution is 5.34. The van der Waals surface area contributed by atoms with Gasteiger partial charge in [-0.15, -0.1) is 0 Å². The second-order valence-corrected chi connectivity index (χ2v) is 6.30. The fourth-order valence-electron chi connectivity index (χ4n) is 2.92. The second kappa shape index (κ2) is 4.11. The summed E-state index contributed by atoms with van der Waals surface area (Å²) < 4.78 is 1.83. The van der Waals surface area contributed by atoms with Crippen LogP contribution in [-0.4, -0.2) is 15.6 Å². The lowest BCUT2D eigenvalue weighted by atomic mass is 9.87. The monoisotopic (exact) mass is 247 g/mol. The Bertz CT molecular complexity index is 502. The average molecular weight is 247 g/mol. The van der Waals surface area contributed by atoms with Crippen molar-refractivity contribution in [1.29, 1.82) is 0 Å². The van der Waals surface area contributed by atoms with E-state index in [1.54, 1.807) is 6.20 Å². The molecule has 0 radical (unpaired) electrons. The molecule has 2 aliphatic carbocycles. The molecule has 1 aromatic rings. The fourth-order valence-corrected chi connectivity index (χ4v) is 2.92. The molecule has 2 fully saturated rings. The highest BCUT2D eigenvalue weighted by atomic mass is 16.1. The van der Waals surface area contributed by atoms with Gasteiger partial charge in [0.25, 0.3) is 5.56 Å². The van der Waals surface area contributed by atoms with E-state index in [2.05, 4.69) is 24.1 Å². The minimum absolute atomic E-state index is 0.0442. The van der Waals surface area contributed by atoms with Crippen molar-refractivity contribution in [3.63, 3.8) is 0 Å². The van der Waals surface area contributed by atoms with Gasteiger partial charge in [0.2, 0.25) is 0 Å². The summed E-state index contributed by atoms with van der Waals surface area (Å²) in [7, 11) is 0. The Balaban J connectivity index is 1.84. The Kier molecular flexibility index (Phi) is 2.68. The van der Waals surface area contributed by atoms with Crippen molar-refractivity contribution in [1.82, 2.24) is 9.55 Å². The molecule has 98 valence electrons. The third-order valence-electron chi connectivity index (χ3n) is 4.38. The molecule has 2 aliphatic rings. The summed E-state index contributed by atoms with van der Waals surface area (Å²) in [6.45, 7) is 4.53. The van der Waals surface area contributed by atoms with E-state index >= 15 is 0 Å². The van der Waals surface area contributed by atoms with Crippen LogP contribution in [0, 0.1) is 5.41 Å². The standard InChI is InChI=1S/C14H21N3O/c1-14(2)7-3-4-11(14)16-12-13(18)17(9-8-15-12)10-5-6-10/h8-11H,3-7H2,1-2H3,(H,15,16). The van der Waals surface area contributed by atoms with Crippen LogP contribution < -0.4 is 10.9 Å². The molecule has 4 nitrogen and oxygen atoms in total. The maximum Gasteiger partial charge on any atom is 0.293 e. The highest BCUT2D eigenvalue weighted by Gasteiger charge is 2.35. The van der Waals surface area contributed by atoms with Gasteiger partial charge < -0.3 is 9.88 Å².